The minimum atomic E-state index is -5.02. The predicted molar refractivity (Wildman–Crippen MR) is 146 cm³/mol. The molecule has 0 aliphatic heterocycles. The molecule has 1 unspecified atom stereocenters. The van der Waals surface area contributed by atoms with E-state index < -0.39 is 41.8 Å². The third kappa shape index (κ3) is 4.36. The second-order valence-electron chi connectivity index (χ2n) is 10.6. The molecule has 0 fully saturated rings. The highest BCUT2D eigenvalue weighted by atomic mass is 19.4. The Kier molecular flexibility index (Phi) is 6.49. The van der Waals surface area contributed by atoms with E-state index in [4.69, 9.17) is 0 Å². The summed E-state index contributed by atoms with van der Waals surface area (Å²) in [5, 5.41) is 41.2. The summed E-state index contributed by atoms with van der Waals surface area (Å²) in [6.45, 7) is 0. The lowest BCUT2D eigenvalue weighted by Gasteiger charge is -2.20. The second kappa shape index (κ2) is 10.0. The average Bonchev–Trinajstić information content (AvgIpc) is 3.48. The summed E-state index contributed by atoms with van der Waals surface area (Å²) in [4.78, 5) is 0. The van der Waals surface area contributed by atoms with E-state index in [9.17, 15) is 47.4 Å². The van der Waals surface area contributed by atoms with E-state index in [0.717, 1.165) is 16.4 Å². The van der Waals surface area contributed by atoms with Gasteiger partial charge in [0.15, 0.2) is 0 Å². The van der Waals surface area contributed by atoms with Crippen molar-refractivity contribution in [2.45, 2.75) is 31.1 Å². The zero-order chi connectivity index (χ0) is 31.6. The first-order valence-corrected chi connectivity index (χ1v) is 13.2. The van der Waals surface area contributed by atoms with Gasteiger partial charge in [-0.05, 0) is 91.1 Å². The lowest BCUT2D eigenvalue weighted by molar-refractivity contribution is -0.0970. The predicted octanol–water partition coefficient (Wildman–Crippen LogP) is 6.47. The van der Waals surface area contributed by atoms with Crippen molar-refractivity contribution in [3.05, 3.63) is 121 Å². The van der Waals surface area contributed by atoms with Gasteiger partial charge in [-0.15, -0.1) is 0 Å². The molecule has 4 aliphatic rings. The number of allylic oxidation sites excluding steroid dienone is 9. The highest BCUT2D eigenvalue weighted by molar-refractivity contribution is 5.91. The number of hydrogen-bond donors (Lipinski definition) is 0. The van der Waals surface area contributed by atoms with Crippen LogP contribution in [0.2, 0.25) is 0 Å². The summed E-state index contributed by atoms with van der Waals surface area (Å²) in [6.07, 6.45) is -3.84. The average molecular weight is 595 g/mol. The van der Waals surface area contributed by atoms with Crippen molar-refractivity contribution >= 4 is 16.7 Å². The molecule has 2 aromatic carbocycles. The highest BCUT2D eigenvalue weighted by Gasteiger charge is 2.41. The first kappa shape index (κ1) is 28.5. The minimum absolute atomic E-state index is 0.0809. The van der Waals surface area contributed by atoms with Crippen LogP contribution in [-0.2, 0) is 0 Å². The van der Waals surface area contributed by atoms with Crippen LogP contribution < -0.4 is 10.4 Å². The van der Waals surface area contributed by atoms with Crippen molar-refractivity contribution in [2.24, 2.45) is 5.92 Å². The Labute approximate surface area is 246 Å². The number of rotatable bonds is 1. The van der Waals surface area contributed by atoms with E-state index in [0.29, 0.717) is 39.6 Å². The number of halogens is 6. The Balaban J connectivity index is 1.69. The van der Waals surface area contributed by atoms with Crippen molar-refractivity contribution in [1.29, 1.82) is 21.0 Å². The van der Waals surface area contributed by atoms with Crippen molar-refractivity contribution in [2.75, 3.05) is 0 Å². The maximum Gasteiger partial charge on any atom is 0.416 e. The van der Waals surface area contributed by atoms with E-state index >= 15 is 0 Å². The molecule has 0 spiro atoms. The maximum absolute atomic E-state index is 13.6. The molecule has 0 saturated heterocycles. The second-order valence-corrected chi connectivity index (χ2v) is 10.6. The number of benzene rings is 2. The van der Waals surface area contributed by atoms with Gasteiger partial charge in [0.05, 0.1) is 17.7 Å². The SMILES string of the molecule is N#CC(C#N)=C1c2cc(=C3C=C(C(F)(F)F)C=C(C(F)(F)F)C3)ccc2=c2cc3c(cc21)=C1CC=CC=C1C3C(C#N)C#N. The molecule has 0 bridgehead atoms. The molecule has 0 amide bonds. The van der Waals surface area contributed by atoms with Gasteiger partial charge < -0.3 is 0 Å². The number of nitriles is 4. The smallest absolute Gasteiger partial charge is 0.197 e. The molecule has 214 valence electrons. The van der Waals surface area contributed by atoms with Crippen LogP contribution in [0, 0.1) is 61.7 Å². The van der Waals surface area contributed by atoms with Crippen molar-refractivity contribution < 1.29 is 26.3 Å². The van der Waals surface area contributed by atoms with Crippen molar-refractivity contribution in [3.63, 3.8) is 0 Å². The van der Waals surface area contributed by atoms with Gasteiger partial charge in [-0.1, -0.05) is 30.4 Å². The normalized spacial score (nSPS) is 19.3. The minimum Gasteiger partial charge on any atom is -0.197 e. The van der Waals surface area contributed by atoms with Crippen LogP contribution in [-0.4, -0.2) is 12.4 Å². The number of nitrogens with zero attached hydrogens (tertiary/aromatic N) is 4. The van der Waals surface area contributed by atoms with Gasteiger partial charge in [-0.3, -0.25) is 0 Å². The van der Waals surface area contributed by atoms with Crippen LogP contribution >= 0.6 is 0 Å². The lowest BCUT2D eigenvalue weighted by atomic mass is 9.82. The van der Waals surface area contributed by atoms with E-state index in [-0.39, 0.29) is 28.0 Å². The molecule has 2 aromatic rings. The van der Waals surface area contributed by atoms with E-state index in [1.54, 1.807) is 18.2 Å². The molecule has 0 aromatic heterocycles. The zero-order valence-electron chi connectivity index (χ0n) is 22.4. The molecular formula is C34H16F6N4. The molecule has 0 heterocycles. The van der Waals surface area contributed by atoms with Crippen LogP contribution in [0.1, 0.15) is 35.4 Å². The molecule has 4 nitrogen and oxygen atoms in total. The first-order chi connectivity index (χ1) is 20.9. The van der Waals surface area contributed by atoms with Crippen molar-refractivity contribution in [3.8, 4) is 24.3 Å². The molecule has 4 aliphatic carbocycles. The van der Waals surface area contributed by atoms with E-state index in [1.165, 1.54) is 12.1 Å². The Bertz CT molecular complexity index is 2220. The first-order valence-electron chi connectivity index (χ1n) is 13.2. The third-order valence-electron chi connectivity index (χ3n) is 8.30. The molecule has 1 atom stereocenters. The molecule has 6 rings (SSSR count). The van der Waals surface area contributed by atoms with E-state index in [1.807, 2.05) is 30.4 Å². The zero-order valence-corrected chi connectivity index (χ0v) is 22.4. The summed E-state index contributed by atoms with van der Waals surface area (Å²) in [7, 11) is 0. The molecular weight excluding hydrogens is 578 g/mol. The van der Waals surface area contributed by atoms with Gasteiger partial charge >= 0.3 is 12.4 Å². The van der Waals surface area contributed by atoms with Gasteiger partial charge in [-0.2, -0.15) is 47.4 Å². The molecule has 0 N–H and O–H groups in total. The van der Waals surface area contributed by atoms with Gasteiger partial charge in [0, 0.05) is 23.5 Å². The molecule has 44 heavy (non-hydrogen) atoms. The summed E-state index contributed by atoms with van der Waals surface area (Å²) in [6, 6.07) is 15.9. The number of fused-ring (bicyclic) bond motifs is 4. The Hall–Kier alpha value is -5.58. The Morgan fingerprint density at radius 2 is 1.52 bits per heavy atom. The quantitative estimate of drug-likeness (QED) is 0.239. The summed E-state index contributed by atoms with van der Waals surface area (Å²) in [5.41, 5.74) is 0.200. The molecule has 10 heteroatoms. The van der Waals surface area contributed by atoms with Crippen LogP contribution in [0.4, 0.5) is 26.3 Å². The standard InChI is InChI=1S/C34H16F6N4/c35-33(36,37)21-7-18(8-22(10-21)34(38,39)40)17-5-6-24-27-12-29-26(11-30(27)32(28(24)9-17)20(15-43)16-44)23-3-1-2-4-25(23)31(29)19(13-41)14-42/h1-2,4-7,9-12,19,31H,3,8H2. The number of hydrogen-bond acceptors (Lipinski definition) is 4. The van der Waals surface area contributed by atoms with Gasteiger partial charge in [0.25, 0.3) is 0 Å². The van der Waals surface area contributed by atoms with Crippen LogP contribution in [0.5, 0.6) is 0 Å². The maximum atomic E-state index is 13.6. The van der Waals surface area contributed by atoms with Crippen molar-refractivity contribution in [1.82, 2.24) is 0 Å². The summed E-state index contributed by atoms with van der Waals surface area (Å²) in [5.74, 6) is -1.55. The van der Waals surface area contributed by atoms with Gasteiger partial charge in [-0.25, -0.2) is 0 Å². The lowest BCUT2D eigenvalue weighted by Crippen LogP contribution is -2.21. The monoisotopic (exact) mass is 594 g/mol. The fourth-order valence-corrected chi connectivity index (χ4v) is 6.39. The van der Waals surface area contributed by atoms with E-state index in [2.05, 4.69) is 12.1 Å². The highest BCUT2D eigenvalue weighted by Crippen LogP contribution is 2.44. The van der Waals surface area contributed by atoms with Gasteiger partial charge in [0.2, 0.25) is 0 Å². The molecule has 0 radical (unpaired) electrons. The third-order valence-corrected chi connectivity index (χ3v) is 8.30. The topological polar surface area (TPSA) is 95.2 Å². The fourth-order valence-electron chi connectivity index (χ4n) is 6.39. The Morgan fingerprint density at radius 1 is 0.818 bits per heavy atom. The summed E-state index contributed by atoms with van der Waals surface area (Å²) >= 11 is 0. The largest absolute Gasteiger partial charge is 0.416 e. The van der Waals surface area contributed by atoms with Crippen LogP contribution in [0.3, 0.4) is 0 Å². The van der Waals surface area contributed by atoms with Crippen LogP contribution in [0.25, 0.3) is 16.7 Å². The van der Waals surface area contributed by atoms with Crippen LogP contribution in [0.15, 0.2) is 83.0 Å². The Morgan fingerprint density at radius 3 is 2.16 bits per heavy atom. The summed E-state index contributed by atoms with van der Waals surface area (Å²) < 4.78 is 81.6. The molecule has 0 saturated carbocycles. The number of alkyl halides is 6. The van der Waals surface area contributed by atoms with Gasteiger partial charge in [0.1, 0.15) is 23.6 Å². The fraction of sp³-hybridized carbons (Fsp3) is 0.176.